The summed E-state index contributed by atoms with van der Waals surface area (Å²) in [6.07, 6.45) is -7.58. The largest absolute Gasteiger partial charge is 0.400 e. The Labute approximate surface area is 76.5 Å². The van der Waals surface area contributed by atoms with Gasteiger partial charge in [0.1, 0.15) is 18.4 Å². The molecule has 3 N–H and O–H groups in total. The van der Waals surface area contributed by atoms with Crippen LogP contribution in [-0.4, -0.2) is 31.7 Å². The summed E-state index contributed by atoms with van der Waals surface area (Å²) < 4.78 is 63.1. The van der Waals surface area contributed by atoms with Gasteiger partial charge in [-0.15, -0.1) is 0 Å². The number of halogens is 5. The van der Waals surface area contributed by atoms with E-state index in [9.17, 15) is 22.0 Å². The third-order valence-electron chi connectivity index (χ3n) is 1.30. The second-order valence-corrected chi connectivity index (χ2v) is 2.48. The first-order valence-corrected chi connectivity index (χ1v) is 3.51. The molecule has 14 heavy (non-hydrogen) atoms. The van der Waals surface area contributed by atoms with E-state index in [1.165, 1.54) is 0 Å². The molecule has 0 amide bonds. The second-order valence-electron chi connectivity index (χ2n) is 2.48. The van der Waals surface area contributed by atoms with Gasteiger partial charge in [-0.2, -0.15) is 13.2 Å². The lowest BCUT2D eigenvalue weighted by atomic mass is 10.1. The molecule has 0 spiro atoms. The molecule has 0 fully saturated rings. The van der Waals surface area contributed by atoms with Gasteiger partial charge in [-0.3, -0.25) is 5.41 Å². The Hall–Kier alpha value is -0.920. The molecule has 0 aromatic heterocycles. The van der Waals surface area contributed by atoms with Crippen LogP contribution in [0.5, 0.6) is 0 Å². The lowest BCUT2D eigenvalue weighted by molar-refractivity contribution is -0.171. The van der Waals surface area contributed by atoms with Crippen molar-refractivity contribution in [2.45, 2.75) is 12.6 Å². The molecular weight excluding hydrogens is 211 g/mol. The van der Waals surface area contributed by atoms with Crippen LogP contribution in [0.25, 0.3) is 0 Å². The molecule has 0 rings (SSSR count). The average Bonchev–Trinajstić information content (AvgIpc) is 1.94. The Morgan fingerprint density at radius 1 is 1.29 bits per heavy atom. The van der Waals surface area contributed by atoms with E-state index >= 15 is 0 Å². The SMILES string of the molecule is N=C(N)C(COCC(F)F)C(F)(F)F. The van der Waals surface area contributed by atoms with Crippen molar-refractivity contribution < 1.29 is 26.7 Å². The van der Waals surface area contributed by atoms with Gasteiger partial charge in [-0.1, -0.05) is 0 Å². The van der Waals surface area contributed by atoms with Crippen LogP contribution < -0.4 is 5.73 Å². The Bertz CT molecular complexity index is 193. The molecule has 1 atom stereocenters. The number of amidine groups is 1. The van der Waals surface area contributed by atoms with E-state index in [1.807, 2.05) is 0 Å². The molecule has 8 heteroatoms. The van der Waals surface area contributed by atoms with Crippen molar-refractivity contribution >= 4 is 5.84 Å². The smallest absolute Gasteiger partial charge is 0.387 e. The molecule has 3 nitrogen and oxygen atoms in total. The molecule has 0 radical (unpaired) electrons. The average molecular weight is 220 g/mol. The maximum Gasteiger partial charge on any atom is 0.400 e. The third kappa shape index (κ3) is 4.95. The lowest BCUT2D eigenvalue weighted by Crippen LogP contribution is -2.38. The number of alkyl halides is 5. The molecule has 1 unspecified atom stereocenters. The number of hydrogen-bond donors (Lipinski definition) is 2. The Kier molecular flexibility index (Phi) is 4.75. The number of nitrogens with two attached hydrogens (primary N) is 1. The fourth-order valence-corrected chi connectivity index (χ4v) is 0.636. The predicted octanol–water partition coefficient (Wildman–Crippen LogP) is 1.38. The fraction of sp³-hybridized carbons (Fsp3) is 0.833. The van der Waals surface area contributed by atoms with Crippen molar-refractivity contribution in [2.75, 3.05) is 13.2 Å². The maximum atomic E-state index is 12.0. The van der Waals surface area contributed by atoms with Crippen molar-refractivity contribution in [1.29, 1.82) is 5.41 Å². The summed E-state index contributed by atoms with van der Waals surface area (Å²) in [6.45, 7) is -2.15. The normalized spacial score (nSPS) is 14.4. The van der Waals surface area contributed by atoms with Gasteiger partial charge in [0, 0.05) is 0 Å². The second kappa shape index (κ2) is 5.08. The van der Waals surface area contributed by atoms with Crippen molar-refractivity contribution in [3.8, 4) is 0 Å². The Morgan fingerprint density at radius 3 is 2.07 bits per heavy atom. The van der Waals surface area contributed by atoms with E-state index in [0.29, 0.717) is 0 Å². The minimum absolute atomic E-state index is 1.05. The summed E-state index contributed by atoms with van der Waals surface area (Å²) in [7, 11) is 0. The van der Waals surface area contributed by atoms with Gasteiger partial charge in [0.05, 0.1) is 6.61 Å². The zero-order chi connectivity index (χ0) is 11.4. The number of ether oxygens (including phenoxy) is 1. The van der Waals surface area contributed by atoms with Crippen LogP contribution in [0.3, 0.4) is 0 Å². The highest BCUT2D eigenvalue weighted by atomic mass is 19.4. The van der Waals surface area contributed by atoms with E-state index in [2.05, 4.69) is 10.5 Å². The van der Waals surface area contributed by atoms with Crippen molar-refractivity contribution in [2.24, 2.45) is 11.7 Å². The van der Waals surface area contributed by atoms with Gasteiger partial charge in [-0.05, 0) is 0 Å². The molecule has 0 heterocycles. The summed E-state index contributed by atoms with van der Waals surface area (Å²) in [5.74, 6) is -3.46. The van der Waals surface area contributed by atoms with E-state index in [-0.39, 0.29) is 0 Å². The quantitative estimate of drug-likeness (QED) is 0.417. The van der Waals surface area contributed by atoms with E-state index in [1.54, 1.807) is 0 Å². The summed E-state index contributed by atoms with van der Waals surface area (Å²) in [5.41, 5.74) is 4.64. The first kappa shape index (κ1) is 13.1. The zero-order valence-corrected chi connectivity index (χ0v) is 6.94. The van der Waals surface area contributed by atoms with E-state index < -0.39 is 37.6 Å². The van der Waals surface area contributed by atoms with Crippen molar-refractivity contribution in [1.82, 2.24) is 0 Å². The van der Waals surface area contributed by atoms with Gasteiger partial charge < -0.3 is 10.5 Å². The first-order valence-electron chi connectivity index (χ1n) is 3.51. The molecule has 0 aliphatic rings. The molecule has 0 aliphatic carbocycles. The predicted molar refractivity (Wildman–Crippen MR) is 38.3 cm³/mol. The van der Waals surface area contributed by atoms with Crippen LogP contribution in [0.1, 0.15) is 0 Å². The van der Waals surface area contributed by atoms with Crippen molar-refractivity contribution in [3.05, 3.63) is 0 Å². The van der Waals surface area contributed by atoms with Gasteiger partial charge in [0.2, 0.25) is 0 Å². The van der Waals surface area contributed by atoms with Gasteiger partial charge in [-0.25, -0.2) is 8.78 Å². The van der Waals surface area contributed by atoms with Crippen LogP contribution in [0.2, 0.25) is 0 Å². The Morgan fingerprint density at radius 2 is 1.79 bits per heavy atom. The summed E-state index contributed by atoms with van der Waals surface area (Å²) in [4.78, 5) is 0. The monoisotopic (exact) mass is 220 g/mol. The summed E-state index contributed by atoms with van der Waals surface area (Å²) >= 11 is 0. The number of rotatable bonds is 5. The van der Waals surface area contributed by atoms with Gasteiger partial charge >= 0.3 is 6.18 Å². The van der Waals surface area contributed by atoms with Crippen LogP contribution in [0.4, 0.5) is 22.0 Å². The lowest BCUT2D eigenvalue weighted by Gasteiger charge is -2.18. The Balaban J connectivity index is 4.07. The van der Waals surface area contributed by atoms with Crippen LogP contribution >= 0.6 is 0 Å². The summed E-state index contributed by atoms with van der Waals surface area (Å²) in [6, 6.07) is 0. The van der Waals surface area contributed by atoms with Crippen LogP contribution in [-0.2, 0) is 4.74 Å². The highest BCUT2D eigenvalue weighted by Crippen LogP contribution is 2.26. The number of nitrogens with one attached hydrogen (secondary N) is 1. The number of hydrogen-bond acceptors (Lipinski definition) is 2. The zero-order valence-electron chi connectivity index (χ0n) is 6.94. The van der Waals surface area contributed by atoms with E-state index in [4.69, 9.17) is 5.41 Å². The van der Waals surface area contributed by atoms with Crippen molar-refractivity contribution in [3.63, 3.8) is 0 Å². The molecule has 0 saturated heterocycles. The molecular formula is C6H9F5N2O. The van der Waals surface area contributed by atoms with E-state index in [0.717, 1.165) is 0 Å². The van der Waals surface area contributed by atoms with Gasteiger partial charge in [0.15, 0.2) is 0 Å². The minimum atomic E-state index is -4.74. The minimum Gasteiger partial charge on any atom is -0.387 e. The summed E-state index contributed by atoms with van der Waals surface area (Å²) in [5, 5.41) is 6.58. The van der Waals surface area contributed by atoms with Gasteiger partial charge in [0.25, 0.3) is 6.43 Å². The van der Waals surface area contributed by atoms with Crippen LogP contribution in [0.15, 0.2) is 0 Å². The first-order chi connectivity index (χ1) is 6.25. The fourth-order valence-electron chi connectivity index (χ4n) is 0.636. The highest BCUT2D eigenvalue weighted by molar-refractivity contribution is 5.80. The maximum absolute atomic E-state index is 12.0. The van der Waals surface area contributed by atoms with Crippen LogP contribution in [0, 0.1) is 11.3 Å². The molecule has 0 aliphatic heterocycles. The molecule has 0 aromatic rings. The molecule has 0 saturated carbocycles. The topological polar surface area (TPSA) is 59.1 Å². The molecule has 0 aromatic carbocycles. The third-order valence-corrected chi connectivity index (χ3v) is 1.30. The standard InChI is InChI=1S/C6H9F5N2O/c7-4(8)2-14-1-3(5(12)13)6(9,10)11/h3-4H,1-2H2,(H3,12,13). The highest BCUT2D eigenvalue weighted by Gasteiger charge is 2.42. The molecule has 0 bridgehead atoms. The molecule has 84 valence electrons.